The molecular weight excluding hydrogens is 135 g/mol. The highest BCUT2D eigenvalue weighted by atomic mass is 15.0. The van der Waals surface area contributed by atoms with Crippen LogP contribution in [0.15, 0.2) is 0 Å². The quantitative estimate of drug-likeness (QED) is 0.597. The monoisotopic (exact) mass is 154 g/mol. The van der Waals surface area contributed by atoms with E-state index in [4.69, 9.17) is 0 Å². The van der Waals surface area contributed by atoms with Gasteiger partial charge in [-0.15, -0.1) is 0 Å². The fraction of sp³-hybridized carbons (Fsp3) is 1.00. The van der Waals surface area contributed by atoms with E-state index in [2.05, 4.69) is 17.4 Å². The lowest BCUT2D eigenvalue weighted by Crippen LogP contribution is -2.45. The van der Waals surface area contributed by atoms with Crippen molar-refractivity contribution in [3.05, 3.63) is 0 Å². The zero-order valence-electron chi connectivity index (χ0n) is 7.53. The number of nitrogens with one attached hydrogen (secondary N) is 2. The molecule has 0 aliphatic carbocycles. The highest BCUT2D eigenvalue weighted by Crippen LogP contribution is 1.99. The Morgan fingerprint density at radius 1 is 1.18 bits per heavy atom. The second kappa shape index (κ2) is 5.61. The predicted molar refractivity (Wildman–Crippen MR) is 50.7 cm³/mol. The third-order valence-electron chi connectivity index (χ3n) is 2.23. The summed E-state index contributed by atoms with van der Waals surface area (Å²) in [7, 11) is 0. The molecule has 1 heterocycles. The lowest BCUT2D eigenvalue weighted by Gasteiger charge is -2.10. The van der Waals surface area contributed by atoms with E-state index in [1.54, 1.807) is 0 Å². The van der Waals surface area contributed by atoms with Crippen molar-refractivity contribution in [3.8, 4) is 0 Å². The van der Waals surface area contributed by atoms with Crippen molar-refractivity contribution in [2.45, 2.75) is 38.9 Å². The Kier molecular flexibility index (Phi) is 4.63. The highest BCUT2D eigenvalue weighted by Gasteiger charge is 2.14. The van der Waals surface area contributed by atoms with Crippen molar-refractivity contribution in [3.63, 3.8) is 0 Å². The van der Waals surface area contributed by atoms with Crippen LogP contribution in [0.2, 0.25) is 6.32 Å². The molecule has 11 heavy (non-hydrogen) atoms. The molecule has 64 valence electrons. The molecular formula is C8H19BN2. The molecule has 2 N–H and O–H groups in total. The predicted octanol–water partition coefficient (Wildman–Crippen LogP) is 1.25. The average molecular weight is 154 g/mol. The van der Waals surface area contributed by atoms with Crippen molar-refractivity contribution in [1.29, 1.82) is 0 Å². The van der Waals surface area contributed by atoms with Crippen LogP contribution in [0.4, 0.5) is 0 Å². The van der Waals surface area contributed by atoms with Gasteiger partial charge in [-0.3, -0.25) is 0 Å². The first-order valence-electron chi connectivity index (χ1n) is 4.90. The minimum atomic E-state index is 0.595. The maximum Gasteiger partial charge on any atom is 0.305 e. The van der Waals surface area contributed by atoms with Gasteiger partial charge in [-0.2, -0.15) is 0 Å². The topological polar surface area (TPSA) is 24.1 Å². The Morgan fingerprint density at radius 3 is 2.36 bits per heavy atom. The first-order chi connectivity index (χ1) is 5.43. The van der Waals surface area contributed by atoms with Gasteiger partial charge in [0.05, 0.1) is 0 Å². The number of hydrogen-bond donors (Lipinski definition) is 2. The standard InChI is InChI=1S/C8H19BN2/c1-2-3-6-9-10-7-4-5-8-11-9/h10-11H,2-8H2,1H3. The van der Waals surface area contributed by atoms with Gasteiger partial charge in [-0.1, -0.05) is 19.8 Å². The second-order valence-electron chi connectivity index (χ2n) is 3.31. The minimum absolute atomic E-state index is 0.595. The third-order valence-corrected chi connectivity index (χ3v) is 2.23. The Labute approximate surface area is 70.3 Å². The van der Waals surface area contributed by atoms with E-state index < -0.39 is 0 Å². The summed E-state index contributed by atoms with van der Waals surface area (Å²) in [6, 6.07) is 0. The van der Waals surface area contributed by atoms with E-state index in [0.29, 0.717) is 6.98 Å². The SMILES string of the molecule is CCCCB1NCCCCN1. The molecule has 0 bridgehead atoms. The number of unbranched alkanes of at least 4 members (excludes halogenated alkanes) is 1. The molecule has 1 fully saturated rings. The van der Waals surface area contributed by atoms with E-state index >= 15 is 0 Å². The summed E-state index contributed by atoms with van der Waals surface area (Å²) in [5.41, 5.74) is 0. The van der Waals surface area contributed by atoms with Crippen molar-refractivity contribution in [1.82, 2.24) is 10.5 Å². The van der Waals surface area contributed by atoms with Gasteiger partial charge < -0.3 is 10.5 Å². The zero-order chi connectivity index (χ0) is 7.94. The Morgan fingerprint density at radius 2 is 1.82 bits per heavy atom. The van der Waals surface area contributed by atoms with Crippen molar-refractivity contribution in [2.24, 2.45) is 0 Å². The minimum Gasteiger partial charge on any atom is -0.342 e. The van der Waals surface area contributed by atoms with E-state index in [1.807, 2.05) is 0 Å². The molecule has 0 amide bonds. The van der Waals surface area contributed by atoms with Crippen LogP contribution in [0, 0.1) is 0 Å². The summed E-state index contributed by atoms with van der Waals surface area (Å²) in [5.74, 6) is 0. The van der Waals surface area contributed by atoms with E-state index in [-0.39, 0.29) is 0 Å². The molecule has 0 aromatic heterocycles. The van der Waals surface area contributed by atoms with E-state index in [9.17, 15) is 0 Å². The maximum absolute atomic E-state index is 3.51. The second-order valence-corrected chi connectivity index (χ2v) is 3.31. The molecule has 0 unspecified atom stereocenters. The van der Waals surface area contributed by atoms with Crippen LogP contribution in [0.1, 0.15) is 32.6 Å². The smallest absolute Gasteiger partial charge is 0.305 e. The molecule has 0 radical (unpaired) electrons. The van der Waals surface area contributed by atoms with Gasteiger partial charge in [0.2, 0.25) is 0 Å². The van der Waals surface area contributed by atoms with Crippen LogP contribution in [0.3, 0.4) is 0 Å². The van der Waals surface area contributed by atoms with Crippen LogP contribution in [0.5, 0.6) is 0 Å². The molecule has 3 heteroatoms. The fourth-order valence-electron chi connectivity index (χ4n) is 1.49. The summed E-state index contributed by atoms with van der Waals surface area (Å²) in [4.78, 5) is 0. The van der Waals surface area contributed by atoms with Crippen LogP contribution >= 0.6 is 0 Å². The van der Waals surface area contributed by atoms with Gasteiger partial charge >= 0.3 is 6.98 Å². The molecule has 1 rings (SSSR count). The molecule has 0 aromatic rings. The fourth-order valence-corrected chi connectivity index (χ4v) is 1.49. The maximum atomic E-state index is 3.51. The third kappa shape index (κ3) is 3.78. The van der Waals surface area contributed by atoms with Crippen LogP contribution in [-0.4, -0.2) is 20.1 Å². The average Bonchev–Trinajstić information content (AvgIpc) is 2.28. The summed E-state index contributed by atoms with van der Waals surface area (Å²) in [6.45, 7) is 5.23. The van der Waals surface area contributed by atoms with Gasteiger partial charge in [-0.25, -0.2) is 0 Å². The lowest BCUT2D eigenvalue weighted by atomic mass is 9.71. The van der Waals surface area contributed by atoms with Gasteiger partial charge in [0.25, 0.3) is 0 Å². The molecule has 1 aliphatic heterocycles. The van der Waals surface area contributed by atoms with Crippen LogP contribution in [-0.2, 0) is 0 Å². The van der Waals surface area contributed by atoms with Gasteiger partial charge in [-0.05, 0) is 32.3 Å². The summed E-state index contributed by atoms with van der Waals surface area (Å²) in [6.07, 6.45) is 6.59. The van der Waals surface area contributed by atoms with Crippen LogP contribution in [0.25, 0.3) is 0 Å². The molecule has 1 aliphatic rings. The summed E-state index contributed by atoms with van der Waals surface area (Å²) < 4.78 is 0. The van der Waals surface area contributed by atoms with Gasteiger partial charge in [0.1, 0.15) is 0 Å². The Hall–Kier alpha value is -0.0151. The number of rotatable bonds is 3. The van der Waals surface area contributed by atoms with Crippen molar-refractivity contribution >= 4 is 6.98 Å². The largest absolute Gasteiger partial charge is 0.342 e. The van der Waals surface area contributed by atoms with Gasteiger partial charge in [0.15, 0.2) is 0 Å². The van der Waals surface area contributed by atoms with Crippen molar-refractivity contribution < 1.29 is 0 Å². The van der Waals surface area contributed by atoms with E-state index in [0.717, 1.165) is 0 Å². The molecule has 1 saturated heterocycles. The van der Waals surface area contributed by atoms with Crippen molar-refractivity contribution in [2.75, 3.05) is 13.1 Å². The Bertz CT molecular complexity index is 90.1. The van der Waals surface area contributed by atoms with Crippen LogP contribution < -0.4 is 10.5 Å². The van der Waals surface area contributed by atoms with Gasteiger partial charge in [0, 0.05) is 0 Å². The summed E-state index contributed by atoms with van der Waals surface area (Å²) in [5, 5.41) is 7.01. The first-order valence-corrected chi connectivity index (χ1v) is 4.90. The highest BCUT2D eigenvalue weighted by molar-refractivity contribution is 6.53. The molecule has 0 spiro atoms. The zero-order valence-corrected chi connectivity index (χ0v) is 7.53. The molecule has 0 aromatic carbocycles. The lowest BCUT2D eigenvalue weighted by molar-refractivity contribution is 0.742. The number of hydrogen-bond acceptors (Lipinski definition) is 2. The molecule has 0 atom stereocenters. The summed E-state index contributed by atoms with van der Waals surface area (Å²) >= 11 is 0. The normalized spacial score (nSPS) is 19.9. The molecule has 2 nitrogen and oxygen atoms in total. The molecule has 0 saturated carbocycles. The first kappa shape index (κ1) is 9.08. The van der Waals surface area contributed by atoms with E-state index in [1.165, 1.54) is 45.1 Å². The Balaban J connectivity index is 2.09.